The lowest BCUT2D eigenvalue weighted by Crippen LogP contribution is -2.48. The molecule has 0 atom stereocenters. The summed E-state index contributed by atoms with van der Waals surface area (Å²) in [6.07, 6.45) is -4.72. The van der Waals surface area contributed by atoms with Crippen molar-refractivity contribution in [3.05, 3.63) is 65.0 Å². The largest absolute Gasteiger partial charge is 0.471 e. The molecule has 2 heterocycles. The van der Waals surface area contributed by atoms with E-state index in [0.717, 1.165) is 5.69 Å². The fourth-order valence-corrected chi connectivity index (χ4v) is 3.54. The van der Waals surface area contributed by atoms with Gasteiger partial charge in [-0.3, -0.25) is 4.79 Å². The summed E-state index contributed by atoms with van der Waals surface area (Å²) < 4.78 is 42.3. The summed E-state index contributed by atoms with van der Waals surface area (Å²) in [5, 5.41) is 4.02. The van der Waals surface area contributed by atoms with E-state index in [-0.39, 0.29) is 17.3 Å². The zero-order chi connectivity index (χ0) is 21.3. The summed E-state index contributed by atoms with van der Waals surface area (Å²) in [4.78, 5) is 20.1. The number of halogens is 4. The number of carbonyl (C=O) groups is 1. The van der Waals surface area contributed by atoms with Crippen molar-refractivity contribution in [3.8, 4) is 11.4 Å². The Bertz CT molecular complexity index is 1060. The minimum absolute atomic E-state index is 0.213. The molecule has 4 rings (SSSR count). The zero-order valence-electron chi connectivity index (χ0n) is 15.6. The smallest absolute Gasteiger partial charge is 0.367 e. The van der Waals surface area contributed by atoms with E-state index in [2.05, 4.69) is 19.6 Å². The quantitative estimate of drug-likeness (QED) is 0.610. The van der Waals surface area contributed by atoms with Gasteiger partial charge in [0.2, 0.25) is 5.82 Å². The van der Waals surface area contributed by atoms with Crippen LogP contribution in [0.5, 0.6) is 0 Å². The second-order valence-corrected chi connectivity index (χ2v) is 7.14. The fraction of sp³-hybridized carbons (Fsp3) is 0.250. The zero-order valence-corrected chi connectivity index (χ0v) is 16.3. The van der Waals surface area contributed by atoms with Gasteiger partial charge in [-0.05, 0) is 24.3 Å². The second-order valence-electron chi connectivity index (χ2n) is 6.73. The molecule has 0 saturated carbocycles. The Morgan fingerprint density at radius 2 is 1.77 bits per heavy atom. The molecule has 0 radical (unpaired) electrons. The third-order valence-electron chi connectivity index (χ3n) is 4.80. The van der Waals surface area contributed by atoms with Crippen LogP contribution in [0.1, 0.15) is 16.2 Å². The number of carbonyl (C=O) groups excluding carboxylic acids is 1. The Morgan fingerprint density at radius 3 is 2.43 bits per heavy atom. The maximum Gasteiger partial charge on any atom is 0.471 e. The molecule has 1 amide bonds. The number of amides is 1. The average Bonchev–Trinajstić information content (AvgIpc) is 3.25. The van der Waals surface area contributed by atoms with Crippen molar-refractivity contribution in [2.24, 2.45) is 0 Å². The molecule has 156 valence electrons. The van der Waals surface area contributed by atoms with Crippen LogP contribution in [0, 0.1) is 0 Å². The number of piperazine rings is 1. The summed E-state index contributed by atoms with van der Waals surface area (Å²) in [7, 11) is 0. The molecule has 1 aliphatic rings. The van der Waals surface area contributed by atoms with Gasteiger partial charge in [0, 0.05) is 37.3 Å². The number of rotatable bonds is 3. The van der Waals surface area contributed by atoms with Crippen LogP contribution in [-0.2, 0) is 6.18 Å². The molecule has 30 heavy (non-hydrogen) atoms. The minimum Gasteiger partial charge on any atom is -0.367 e. The van der Waals surface area contributed by atoms with Crippen molar-refractivity contribution in [1.29, 1.82) is 0 Å². The third kappa shape index (κ3) is 4.11. The van der Waals surface area contributed by atoms with Gasteiger partial charge in [0.15, 0.2) is 0 Å². The van der Waals surface area contributed by atoms with Crippen LogP contribution in [0.2, 0.25) is 5.02 Å². The lowest BCUT2D eigenvalue weighted by molar-refractivity contribution is -0.159. The molecule has 1 aliphatic heterocycles. The number of anilines is 1. The molecule has 10 heteroatoms. The highest BCUT2D eigenvalue weighted by molar-refractivity contribution is 6.33. The van der Waals surface area contributed by atoms with E-state index in [1.54, 1.807) is 17.0 Å². The number of hydrogen-bond donors (Lipinski definition) is 0. The maximum atomic E-state index is 12.9. The van der Waals surface area contributed by atoms with Crippen LogP contribution >= 0.6 is 11.6 Å². The van der Waals surface area contributed by atoms with Gasteiger partial charge in [-0.2, -0.15) is 18.2 Å². The first-order chi connectivity index (χ1) is 14.3. The molecule has 0 aliphatic carbocycles. The molecule has 0 bridgehead atoms. The van der Waals surface area contributed by atoms with Gasteiger partial charge < -0.3 is 14.3 Å². The number of para-hydroxylation sites is 1. The molecular weight excluding hydrogens is 421 g/mol. The molecule has 0 unspecified atom stereocenters. The predicted octanol–water partition coefficient (Wildman–Crippen LogP) is 4.37. The van der Waals surface area contributed by atoms with Gasteiger partial charge in [-0.1, -0.05) is 41.0 Å². The lowest BCUT2D eigenvalue weighted by atomic mass is 10.1. The molecule has 0 spiro atoms. The highest BCUT2D eigenvalue weighted by atomic mass is 35.5. The van der Waals surface area contributed by atoms with Crippen molar-refractivity contribution < 1.29 is 22.5 Å². The van der Waals surface area contributed by atoms with E-state index >= 15 is 0 Å². The van der Waals surface area contributed by atoms with E-state index in [4.69, 9.17) is 11.6 Å². The van der Waals surface area contributed by atoms with Crippen LogP contribution < -0.4 is 4.90 Å². The Balaban J connectivity index is 1.46. The van der Waals surface area contributed by atoms with Crippen LogP contribution in [0.4, 0.5) is 18.9 Å². The van der Waals surface area contributed by atoms with Crippen molar-refractivity contribution >= 4 is 23.2 Å². The SMILES string of the molecule is O=C(c1cccc(-c2noc(C(F)(F)F)n2)c1)N1CCN(c2ccccc2Cl)CC1. The number of benzene rings is 2. The summed E-state index contributed by atoms with van der Waals surface area (Å²) >= 11 is 6.25. The average molecular weight is 437 g/mol. The van der Waals surface area contributed by atoms with Crippen molar-refractivity contribution in [2.45, 2.75) is 6.18 Å². The Morgan fingerprint density at radius 1 is 1.03 bits per heavy atom. The van der Waals surface area contributed by atoms with Crippen molar-refractivity contribution in [1.82, 2.24) is 15.0 Å². The Labute approximate surface area is 174 Å². The first kappa shape index (κ1) is 20.2. The molecule has 1 aromatic heterocycles. The van der Waals surface area contributed by atoms with Gasteiger partial charge in [-0.25, -0.2) is 0 Å². The monoisotopic (exact) mass is 436 g/mol. The summed E-state index contributed by atoms with van der Waals surface area (Å²) in [5.41, 5.74) is 1.54. The van der Waals surface area contributed by atoms with E-state index in [9.17, 15) is 18.0 Å². The Kier molecular flexibility index (Phi) is 5.38. The topological polar surface area (TPSA) is 62.5 Å². The van der Waals surface area contributed by atoms with Gasteiger partial charge in [-0.15, -0.1) is 0 Å². The normalized spacial score (nSPS) is 14.8. The second kappa shape index (κ2) is 7.98. The summed E-state index contributed by atoms with van der Waals surface area (Å²) in [6, 6.07) is 13.7. The number of hydrogen-bond acceptors (Lipinski definition) is 5. The van der Waals surface area contributed by atoms with Gasteiger partial charge in [0.25, 0.3) is 5.91 Å². The summed E-state index contributed by atoms with van der Waals surface area (Å²) in [6.45, 7) is 2.23. The Hall–Kier alpha value is -3.07. The minimum atomic E-state index is -4.72. The van der Waals surface area contributed by atoms with Crippen molar-refractivity contribution in [3.63, 3.8) is 0 Å². The predicted molar refractivity (Wildman–Crippen MR) is 104 cm³/mol. The molecule has 0 N–H and O–H groups in total. The molecule has 1 saturated heterocycles. The molecular formula is C20H16ClF3N4O2. The number of aromatic nitrogens is 2. The lowest BCUT2D eigenvalue weighted by Gasteiger charge is -2.36. The molecule has 3 aromatic rings. The van der Waals surface area contributed by atoms with E-state index in [1.165, 1.54) is 12.1 Å². The highest BCUT2D eigenvalue weighted by Gasteiger charge is 2.38. The first-order valence-corrected chi connectivity index (χ1v) is 9.51. The van der Waals surface area contributed by atoms with Crippen molar-refractivity contribution in [2.75, 3.05) is 31.1 Å². The number of nitrogens with zero attached hydrogens (tertiary/aromatic N) is 4. The fourth-order valence-electron chi connectivity index (χ4n) is 3.29. The number of alkyl halides is 3. The first-order valence-electron chi connectivity index (χ1n) is 9.13. The molecule has 2 aromatic carbocycles. The standard InChI is InChI=1S/C20H16ClF3N4O2/c21-15-6-1-2-7-16(15)27-8-10-28(11-9-27)18(29)14-5-3-4-13(12-14)17-25-19(30-26-17)20(22,23)24/h1-7,12H,8-11H2. The van der Waals surface area contributed by atoms with Gasteiger partial charge in [0.1, 0.15) is 0 Å². The van der Waals surface area contributed by atoms with Gasteiger partial charge >= 0.3 is 12.1 Å². The van der Waals surface area contributed by atoms with Crippen LogP contribution in [0.25, 0.3) is 11.4 Å². The molecule has 1 fully saturated rings. The molecule has 6 nitrogen and oxygen atoms in total. The summed E-state index contributed by atoms with van der Waals surface area (Å²) in [5.74, 6) is -1.86. The van der Waals surface area contributed by atoms with E-state index in [0.29, 0.717) is 36.8 Å². The highest BCUT2D eigenvalue weighted by Crippen LogP contribution is 2.30. The maximum absolute atomic E-state index is 12.9. The van der Waals surface area contributed by atoms with Crippen LogP contribution in [-0.4, -0.2) is 47.1 Å². The van der Waals surface area contributed by atoms with Gasteiger partial charge in [0.05, 0.1) is 10.7 Å². The third-order valence-corrected chi connectivity index (χ3v) is 5.12. The van der Waals surface area contributed by atoms with E-state index < -0.39 is 12.1 Å². The van der Waals surface area contributed by atoms with E-state index in [1.807, 2.05) is 24.3 Å². The van der Waals surface area contributed by atoms with Crippen LogP contribution in [0.15, 0.2) is 53.1 Å². The van der Waals surface area contributed by atoms with Crippen LogP contribution in [0.3, 0.4) is 0 Å².